The Morgan fingerprint density at radius 2 is 1.81 bits per heavy atom. The molecule has 3 aromatic rings. The van der Waals surface area contributed by atoms with E-state index in [0.717, 1.165) is 22.6 Å². The zero-order valence-electron chi connectivity index (χ0n) is 15.2. The van der Waals surface area contributed by atoms with Gasteiger partial charge in [0.2, 0.25) is 0 Å². The number of nitrogens with one attached hydrogen (secondary N) is 2. The normalized spacial score (nSPS) is 10.3. The van der Waals surface area contributed by atoms with E-state index < -0.39 is 0 Å². The highest BCUT2D eigenvalue weighted by Crippen LogP contribution is 2.19. The number of hydrogen-bond donors (Lipinski definition) is 2. The molecule has 0 fully saturated rings. The maximum Gasteiger partial charge on any atom is 0.271 e. The van der Waals surface area contributed by atoms with Gasteiger partial charge in [0, 0.05) is 24.0 Å². The van der Waals surface area contributed by atoms with E-state index in [0.29, 0.717) is 23.9 Å². The molecule has 0 saturated carbocycles. The molecular weight excluding hydrogens is 362 g/mol. The van der Waals surface area contributed by atoms with Gasteiger partial charge in [-0.1, -0.05) is 30.3 Å². The minimum atomic E-state index is -0.213. The van der Waals surface area contributed by atoms with Gasteiger partial charge in [-0.3, -0.25) is 4.79 Å². The first-order valence-corrected chi connectivity index (χ1v) is 9.30. The van der Waals surface area contributed by atoms with Gasteiger partial charge in [-0.05, 0) is 23.8 Å². The van der Waals surface area contributed by atoms with Crippen LogP contribution in [0.2, 0.25) is 0 Å². The van der Waals surface area contributed by atoms with Crippen LogP contribution in [-0.2, 0) is 13.1 Å². The summed E-state index contributed by atoms with van der Waals surface area (Å²) in [7, 11) is 3.26. The number of ether oxygens (including phenoxy) is 2. The van der Waals surface area contributed by atoms with Crippen molar-refractivity contribution < 1.29 is 14.3 Å². The highest BCUT2D eigenvalue weighted by molar-refractivity contribution is 7.13. The van der Waals surface area contributed by atoms with Crippen LogP contribution in [0.1, 0.15) is 21.6 Å². The predicted octanol–water partition coefficient (Wildman–Crippen LogP) is 3.70. The molecule has 2 N–H and O–H groups in total. The fraction of sp³-hybridized carbons (Fsp3) is 0.200. The molecule has 0 saturated heterocycles. The summed E-state index contributed by atoms with van der Waals surface area (Å²) in [5.41, 5.74) is 2.42. The molecule has 7 heteroatoms. The first kappa shape index (κ1) is 18.7. The highest BCUT2D eigenvalue weighted by atomic mass is 32.1. The van der Waals surface area contributed by atoms with Gasteiger partial charge in [0.1, 0.15) is 17.2 Å². The Bertz CT molecular complexity index is 893. The molecule has 0 aliphatic carbocycles. The number of para-hydroxylation sites is 1. The SMILES string of the molecule is COc1ccc(CNc2nc(C(=O)NCc3ccccc3OC)cs2)cc1. The van der Waals surface area contributed by atoms with Crippen molar-refractivity contribution in [1.29, 1.82) is 0 Å². The smallest absolute Gasteiger partial charge is 0.271 e. The predicted molar refractivity (Wildman–Crippen MR) is 107 cm³/mol. The Morgan fingerprint density at radius 1 is 1.04 bits per heavy atom. The minimum Gasteiger partial charge on any atom is -0.497 e. The van der Waals surface area contributed by atoms with Crippen molar-refractivity contribution in [2.45, 2.75) is 13.1 Å². The molecule has 27 heavy (non-hydrogen) atoms. The van der Waals surface area contributed by atoms with Crippen molar-refractivity contribution in [3.8, 4) is 11.5 Å². The van der Waals surface area contributed by atoms with Crippen molar-refractivity contribution >= 4 is 22.4 Å². The van der Waals surface area contributed by atoms with E-state index in [-0.39, 0.29) is 5.91 Å². The third-order valence-corrected chi connectivity index (χ3v) is 4.77. The summed E-state index contributed by atoms with van der Waals surface area (Å²) in [4.78, 5) is 16.7. The largest absolute Gasteiger partial charge is 0.497 e. The number of nitrogens with zero attached hydrogens (tertiary/aromatic N) is 1. The van der Waals surface area contributed by atoms with Crippen LogP contribution in [0.5, 0.6) is 11.5 Å². The molecule has 1 aromatic heterocycles. The first-order valence-electron chi connectivity index (χ1n) is 8.42. The van der Waals surface area contributed by atoms with Crippen LogP contribution in [0.4, 0.5) is 5.13 Å². The Balaban J connectivity index is 1.54. The lowest BCUT2D eigenvalue weighted by atomic mass is 10.2. The molecule has 6 nitrogen and oxygen atoms in total. The second kappa shape index (κ2) is 9.05. The number of benzene rings is 2. The molecule has 0 atom stereocenters. The summed E-state index contributed by atoms with van der Waals surface area (Å²) in [6, 6.07) is 15.4. The van der Waals surface area contributed by atoms with Crippen molar-refractivity contribution in [2.24, 2.45) is 0 Å². The van der Waals surface area contributed by atoms with Gasteiger partial charge in [-0.2, -0.15) is 0 Å². The molecular formula is C20H21N3O3S. The molecule has 1 amide bonds. The van der Waals surface area contributed by atoms with Gasteiger partial charge in [0.25, 0.3) is 5.91 Å². The quantitative estimate of drug-likeness (QED) is 0.620. The summed E-state index contributed by atoms with van der Waals surface area (Å²) in [5, 5.41) is 8.55. The number of carbonyl (C=O) groups is 1. The summed E-state index contributed by atoms with van der Waals surface area (Å²) in [5.74, 6) is 1.36. The highest BCUT2D eigenvalue weighted by Gasteiger charge is 2.11. The van der Waals surface area contributed by atoms with Crippen molar-refractivity contribution in [1.82, 2.24) is 10.3 Å². The third kappa shape index (κ3) is 4.98. The first-order chi connectivity index (χ1) is 13.2. The molecule has 3 rings (SSSR count). The Labute approximate surface area is 162 Å². The van der Waals surface area contributed by atoms with Crippen molar-refractivity contribution in [3.63, 3.8) is 0 Å². The van der Waals surface area contributed by atoms with Crippen LogP contribution in [0.3, 0.4) is 0 Å². The fourth-order valence-corrected chi connectivity index (χ4v) is 3.18. The molecule has 0 radical (unpaired) electrons. The van der Waals surface area contributed by atoms with Crippen LogP contribution in [0.15, 0.2) is 53.9 Å². The average molecular weight is 383 g/mol. The van der Waals surface area contributed by atoms with E-state index in [1.54, 1.807) is 19.6 Å². The number of anilines is 1. The zero-order chi connectivity index (χ0) is 19.1. The summed E-state index contributed by atoms with van der Waals surface area (Å²) >= 11 is 1.40. The van der Waals surface area contributed by atoms with Crippen LogP contribution in [-0.4, -0.2) is 25.1 Å². The van der Waals surface area contributed by atoms with E-state index in [1.807, 2.05) is 48.5 Å². The van der Waals surface area contributed by atoms with E-state index in [2.05, 4.69) is 15.6 Å². The molecule has 2 aromatic carbocycles. The topological polar surface area (TPSA) is 72.5 Å². The maximum absolute atomic E-state index is 12.3. The van der Waals surface area contributed by atoms with Gasteiger partial charge < -0.3 is 20.1 Å². The second-order valence-electron chi connectivity index (χ2n) is 5.73. The van der Waals surface area contributed by atoms with Gasteiger partial charge in [0.05, 0.1) is 14.2 Å². The molecule has 0 spiro atoms. The third-order valence-electron chi connectivity index (χ3n) is 3.97. The van der Waals surface area contributed by atoms with E-state index in [1.165, 1.54) is 11.3 Å². The molecule has 0 unspecified atom stereocenters. The summed E-state index contributed by atoms with van der Waals surface area (Å²) in [6.07, 6.45) is 0. The summed E-state index contributed by atoms with van der Waals surface area (Å²) < 4.78 is 10.4. The molecule has 140 valence electrons. The number of aromatic nitrogens is 1. The number of amides is 1. The van der Waals surface area contributed by atoms with Crippen LogP contribution < -0.4 is 20.1 Å². The Kier molecular flexibility index (Phi) is 6.27. The lowest BCUT2D eigenvalue weighted by Crippen LogP contribution is -2.23. The molecule has 0 aliphatic rings. The Hall–Kier alpha value is -3.06. The standard InChI is InChI=1S/C20H21N3O3S/c1-25-16-9-7-14(8-10-16)11-22-20-23-17(13-27-20)19(24)21-12-15-5-3-4-6-18(15)26-2/h3-10,13H,11-12H2,1-2H3,(H,21,24)(H,22,23). The maximum atomic E-state index is 12.3. The van der Waals surface area contributed by atoms with E-state index in [4.69, 9.17) is 9.47 Å². The second-order valence-corrected chi connectivity index (χ2v) is 6.59. The van der Waals surface area contributed by atoms with Crippen molar-refractivity contribution in [3.05, 3.63) is 70.7 Å². The number of hydrogen-bond acceptors (Lipinski definition) is 6. The Morgan fingerprint density at radius 3 is 2.56 bits per heavy atom. The lowest BCUT2D eigenvalue weighted by molar-refractivity contribution is 0.0946. The zero-order valence-corrected chi connectivity index (χ0v) is 16.0. The van der Waals surface area contributed by atoms with E-state index >= 15 is 0 Å². The van der Waals surface area contributed by atoms with Gasteiger partial charge in [0.15, 0.2) is 5.13 Å². The molecule has 0 bridgehead atoms. The summed E-state index contributed by atoms with van der Waals surface area (Å²) in [6.45, 7) is 1.01. The molecule has 0 aliphatic heterocycles. The fourth-order valence-electron chi connectivity index (χ4n) is 2.50. The van der Waals surface area contributed by atoms with E-state index in [9.17, 15) is 4.79 Å². The number of thiazole rings is 1. The number of methoxy groups -OCH3 is 2. The minimum absolute atomic E-state index is 0.213. The molecule has 1 heterocycles. The monoisotopic (exact) mass is 383 g/mol. The van der Waals surface area contributed by atoms with Gasteiger partial charge >= 0.3 is 0 Å². The van der Waals surface area contributed by atoms with Gasteiger partial charge in [-0.25, -0.2) is 4.98 Å². The number of carbonyl (C=O) groups excluding carboxylic acids is 1. The van der Waals surface area contributed by atoms with Crippen LogP contribution >= 0.6 is 11.3 Å². The average Bonchev–Trinajstić information content (AvgIpc) is 3.20. The van der Waals surface area contributed by atoms with Crippen LogP contribution in [0, 0.1) is 0 Å². The van der Waals surface area contributed by atoms with Gasteiger partial charge in [-0.15, -0.1) is 11.3 Å². The van der Waals surface area contributed by atoms with Crippen LogP contribution in [0.25, 0.3) is 0 Å². The lowest BCUT2D eigenvalue weighted by Gasteiger charge is -2.08. The van der Waals surface area contributed by atoms with Crippen molar-refractivity contribution in [2.75, 3.05) is 19.5 Å². The number of rotatable bonds is 8.